The quantitative estimate of drug-likeness (QED) is 0.0264. The molecule has 0 aromatic carbocycles. The largest absolute Gasteiger partial charge is 0.462 e. The first-order chi connectivity index (χ1) is 28.5. The first-order valence-electron chi connectivity index (χ1n) is 25.0. The van der Waals surface area contributed by atoms with Crippen LogP contribution in [0, 0.1) is 0 Å². The molecule has 0 saturated heterocycles. The van der Waals surface area contributed by atoms with E-state index < -0.39 is 6.10 Å². The second-order valence-corrected chi connectivity index (χ2v) is 16.7. The number of hydrogen-bond donors (Lipinski definition) is 0. The van der Waals surface area contributed by atoms with Crippen molar-refractivity contribution >= 4 is 17.9 Å². The molecule has 0 N–H and O–H groups in total. The summed E-state index contributed by atoms with van der Waals surface area (Å²) in [6.07, 6.45) is 54.3. The highest BCUT2D eigenvalue weighted by atomic mass is 16.6. The minimum atomic E-state index is -0.802. The summed E-state index contributed by atoms with van der Waals surface area (Å²) in [4.78, 5) is 37.8. The molecule has 58 heavy (non-hydrogen) atoms. The van der Waals surface area contributed by atoms with E-state index in [0.717, 1.165) is 70.6 Å². The van der Waals surface area contributed by atoms with Crippen LogP contribution in [0.2, 0.25) is 0 Å². The van der Waals surface area contributed by atoms with E-state index in [1.165, 1.54) is 141 Å². The summed E-state index contributed by atoms with van der Waals surface area (Å²) in [5.41, 5.74) is 0. The molecule has 6 heteroatoms. The minimum Gasteiger partial charge on any atom is -0.462 e. The first-order valence-corrected chi connectivity index (χ1v) is 25.0. The third-order valence-corrected chi connectivity index (χ3v) is 10.9. The molecule has 0 aliphatic carbocycles. The summed E-state index contributed by atoms with van der Waals surface area (Å²) in [6.45, 7) is 6.54. The summed E-state index contributed by atoms with van der Waals surface area (Å²) in [5, 5.41) is 0. The number of allylic oxidation sites excluding steroid dienone is 6. The Bertz CT molecular complexity index is 984. The van der Waals surface area contributed by atoms with E-state index >= 15 is 0 Å². The molecule has 0 saturated carbocycles. The predicted octanol–water partition coefficient (Wildman–Crippen LogP) is 16.1. The number of unbranched alkanes of at least 4 members (excludes halogenated alkanes) is 28. The number of rotatable bonds is 45. The van der Waals surface area contributed by atoms with E-state index in [1.54, 1.807) is 0 Å². The molecule has 0 heterocycles. The molecule has 0 bridgehead atoms. The van der Waals surface area contributed by atoms with Crippen LogP contribution in [-0.4, -0.2) is 37.2 Å². The second-order valence-electron chi connectivity index (χ2n) is 16.7. The van der Waals surface area contributed by atoms with Crippen molar-refractivity contribution in [1.82, 2.24) is 0 Å². The van der Waals surface area contributed by atoms with Gasteiger partial charge in [0.1, 0.15) is 13.2 Å². The molecule has 0 aliphatic rings. The number of esters is 3. The zero-order valence-corrected chi connectivity index (χ0v) is 38.6. The molecule has 338 valence electrons. The van der Waals surface area contributed by atoms with Crippen LogP contribution < -0.4 is 0 Å². The predicted molar refractivity (Wildman–Crippen MR) is 247 cm³/mol. The standard InChI is InChI=1S/C52H94O6/c1-4-7-10-13-16-19-22-24-25-26-27-29-30-33-36-39-42-45-51(54)57-48-49(47-56-50(53)44-41-38-35-32-21-18-15-12-9-6-3)58-52(55)46-43-40-37-34-31-28-23-20-17-14-11-8-5-2/h15,18,28,31,37,40,49H,4-14,16-17,19-27,29-30,32-36,38-39,41-48H2,1-3H3/b18-15-,31-28-,40-37-. The lowest BCUT2D eigenvalue weighted by Gasteiger charge is -2.18. The van der Waals surface area contributed by atoms with Gasteiger partial charge in [0.15, 0.2) is 6.10 Å². The molecule has 0 fully saturated rings. The summed E-state index contributed by atoms with van der Waals surface area (Å²) in [6, 6.07) is 0. The fraction of sp³-hybridized carbons (Fsp3) is 0.827. The van der Waals surface area contributed by atoms with Gasteiger partial charge in [0.2, 0.25) is 0 Å². The molecule has 0 rings (SSSR count). The van der Waals surface area contributed by atoms with Gasteiger partial charge in [-0.25, -0.2) is 0 Å². The Labute approximate surface area is 359 Å². The number of hydrogen-bond acceptors (Lipinski definition) is 6. The molecule has 0 aromatic heterocycles. The summed E-state index contributed by atoms with van der Waals surface area (Å²) < 4.78 is 16.7. The highest BCUT2D eigenvalue weighted by Crippen LogP contribution is 2.15. The Kier molecular flexibility index (Phi) is 45.4. The summed E-state index contributed by atoms with van der Waals surface area (Å²) in [5.74, 6) is -0.971. The first kappa shape index (κ1) is 55.6. The molecule has 6 nitrogen and oxygen atoms in total. The van der Waals surface area contributed by atoms with Crippen LogP contribution in [0.15, 0.2) is 36.5 Å². The van der Waals surface area contributed by atoms with Crippen molar-refractivity contribution in [1.29, 1.82) is 0 Å². The fourth-order valence-corrected chi connectivity index (χ4v) is 7.06. The molecule has 0 aromatic rings. The van der Waals surface area contributed by atoms with E-state index in [2.05, 4.69) is 51.2 Å². The fourth-order valence-electron chi connectivity index (χ4n) is 7.06. The lowest BCUT2D eigenvalue weighted by molar-refractivity contribution is -0.166. The smallest absolute Gasteiger partial charge is 0.306 e. The van der Waals surface area contributed by atoms with Crippen LogP contribution in [0.4, 0.5) is 0 Å². The Morgan fingerprint density at radius 2 is 0.672 bits per heavy atom. The topological polar surface area (TPSA) is 78.9 Å². The molecule has 1 unspecified atom stereocenters. The van der Waals surface area contributed by atoms with Gasteiger partial charge in [0, 0.05) is 19.3 Å². The maximum Gasteiger partial charge on any atom is 0.306 e. The molecule has 0 aliphatic heterocycles. The Balaban J connectivity index is 4.37. The second kappa shape index (κ2) is 47.3. The third kappa shape index (κ3) is 44.7. The highest BCUT2D eigenvalue weighted by molar-refractivity contribution is 5.71. The zero-order valence-electron chi connectivity index (χ0n) is 38.6. The van der Waals surface area contributed by atoms with Crippen LogP contribution in [0.25, 0.3) is 0 Å². The van der Waals surface area contributed by atoms with Gasteiger partial charge in [-0.2, -0.15) is 0 Å². The number of carbonyl (C=O) groups excluding carboxylic acids is 3. The summed E-state index contributed by atoms with van der Waals surface area (Å²) in [7, 11) is 0. The van der Waals surface area contributed by atoms with Gasteiger partial charge in [-0.05, 0) is 57.8 Å². The van der Waals surface area contributed by atoms with Gasteiger partial charge >= 0.3 is 17.9 Å². The third-order valence-electron chi connectivity index (χ3n) is 10.9. The van der Waals surface area contributed by atoms with Crippen molar-refractivity contribution < 1.29 is 28.6 Å². The van der Waals surface area contributed by atoms with E-state index in [-0.39, 0.29) is 37.5 Å². The average molecular weight is 815 g/mol. The highest BCUT2D eigenvalue weighted by Gasteiger charge is 2.19. The van der Waals surface area contributed by atoms with E-state index in [0.29, 0.717) is 19.3 Å². The molecule has 0 amide bonds. The molecule has 0 spiro atoms. The van der Waals surface area contributed by atoms with Crippen molar-refractivity contribution in [2.75, 3.05) is 13.2 Å². The lowest BCUT2D eigenvalue weighted by Crippen LogP contribution is -2.30. The molecule has 0 radical (unpaired) electrons. The van der Waals surface area contributed by atoms with Gasteiger partial charge in [0.25, 0.3) is 0 Å². The minimum absolute atomic E-state index is 0.0954. The van der Waals surface area contributed by atoms with E-state index in [1.807, 2.05) is 6.08 Å². The van der Waals surface area contributed by atoms with Crippen LogP contribution in [0.3, 0.4) is 0 Å². The number of ether oxygens (including phenoxy) is 3. The Morgan fingerprint density at radius 3 is 1.09 bits per heavy atom. The van der Waals surface area contributed by atoms with Crippen LogP contribution in [0.1, 0.15) is 258 Å². The number of carbonyl (C=O) groups is 3. The van der Waals surface area contributed by atoms with Gasteiger partial charge in [-0.15, -0.1) is 0 Å². The maximum atomic E-state index is 12.7. The average Bonchev–Trinajstić information content (AvgIpc) is 3.22. The van der Waals surface area contributed by atoms with Crippen molar-refractivity contribution in [3.05, 3.63) is 36.5 Å². The van der Waals surface area contributed by atoms with Gasteiger partial charge in [0.05, 0.1) is 0 Å². The van der Waals surface area contributed by atoms with E-state index in [4.69, 9.17) is 14.2 Å². The van der Waals surface area contributed by atoms with Gasteiger partial charge < -0.3 is 14.2 Å². The van der Waals surface area contributed by atoms with Crippen molar-refractivity contribution in [3.8, 4) is 0 Å². The van der Waals surface area contributed by atoms with Gasteiger partial charge in [-0.1, -0.05) is 218 Å². The molecular formula is C52H94O6. The molecule has 1 atom stereocenters. The normalized spacial score (nSPS) is 12.3. The van der Waals surface area contributed by atoms with Crippen LogP contribution >= 0.6 is 0 Å². The van der Waals surface area contributed by atoms with Crippen molar-refractivity contribution in [2.45, 2.75) is 264 Å². The van der Waals surface area contributed by atoms with Crippen molar-refractivity contribution in [3.63, 3.8) is 0 Å². The molecular weight excluding hydrogens is 721 g/mol. The van der Waals surface area contributed by atoms with Gasteiger partial charge in [-0.3, -0.25) is 14.4 Å². The lowest BCUT2D eigenvalue weighted by atomic mass is 10.0. The Hall–Kier alpha value is -2.37. The van der Waals surface area contributed by atoms with Crippen LogP contribution in [-0.2, 0) is 28.6 Å². The van der Waals surface area contributed by atoms with Crippen molar-refractivity contribution in [2.24, 2.45) is 0 Å². The zero-order chi connectivity index (χ0) is 42.3. The monoisotopic (exact) mass is 815 g/mol. The maximum absolute atomic E-state index is 12.7. The SMILES string of the molecule is CCCC/C=C\CCCCCCC(=O)OCC(COC(=O)CCCCCCCCCCCCCCCCCCC)OC(=O)CC/C=C\C/C=C\CCCCCCCC. The summed E-state index contributed by atoms with van der Waals surface area (Å²) >= 11 is 0. The van der Waals surface area contributed by atoms with Crippen LogP contribution in [0.5, 0.6) is 0 Å². The van der Waals surface area contributed by atoms with E-state index in [9.17, 15) is 14.4 Å². The Morgan fingerprint density at radius 1 is 0.345 bits per heavy atom.